The quantitative estimate of drug-likeness (QED) is 0.616. The normalized spacial score (nSPS) is 15.0. The molecule has 1 saturated heterocycles. The standard InChI is InChI=1S/C22H26N4O2/c1-17-24-20-7-5-12-23-21(20)22(27)26(17)18-8-10-19(11-9-18)28-16-6-15-25-13-3-2-4-14-25/h5,7-12H,2-4,6,13-16H2,1H3. The van der Waals surface area contributed by atoms with Gasteiger partial charge in [-0.05, 0) is 75.7 Å². The zero-order chi connectivity index (χ0) is 19.3. The van der Waals surface area contributed by atoms with Gasteiger partial charge < -0.3 is 9.64 Å². The zero-order valence-electron chi connectivity index (χ0n) is 16.3. The molecule has 0 radical (unpaired) electrons. The molecule has 3 aromatic rings. The minimum absolute atomic E-state index is 0.154. The Kier molecular flexibility index (Phi) is 5.67. The molecule has 0 saturated carbocycles. The number of likely N-dealkylation sites (tertiary alicyclic amines) is 1. The van der Waals surface area contributed by atoms with E-state index in [1.165, 1.54) is 32.4 Å². The van der Waals surface area contributed by atoms with Crippen molar-refractivity contribution in [2.75, 3.05) is 26.2 Å². The largest absolute Gasteiger partial charge is 0.494 e. The Morgan fingerprint density at radius 3 is 2.64 bits per heavy atom. The highest BCUT2D eigenvalue weighted by Crippen LogP contribution is 2.17. The number of fused-ring (bicyclic) bond motifs is 1. The molecule has 0 N–H and O–H groups in total. The molecule has 1 fully saturated rings. The van der Waals surface area contributed by atoms with Gasteiger partial charge in [0, 0.05) is 12.7 Å². The Balaban J connectivity index is 1.42. The maximum absolute atomic E-state index is 12.8. The van der Waals surface area contributed by atoms with Crippen LogP contribution >= 0.6 is 0 Å². The van der Waals surface area contributed by atoms with Crippen molar-refractivity contribution in [2.45, 2.75) is 32.6 Å². The number of aryl methyl sites for hydroxylation is 1. The van der Waals surface area contributed by atoms with E-state index in [1.54, 1.807) is 16.8 Å². The van der Waals surface area contributed by atoms with Crippen LogP contribution in [0, 0.1) is 6.92 Å². The van der Waals surface area contributed by atoms with Crippen LogP contribution in [0.15, 0.2) is 47.4 Å². The lowest BCUT2D eigenvalue weighted by molar-refractivity contribution is 0.205. The van der Waals surface area contributed by atoms with Crippen LogP contribution in [-0.4, -0.2) is 45.7 Å². The molecule has 0 amide bonds. The second-order valence-electron chi connectivity index (χ2n) is 7.27. The lowest BCUT2D eigenvalue weighted by atomic mass is 10.1. The van der Waals surface area contributed by atoms with Crippen LogP contribution in [0.25, 0.3) is 16.7 Å². The van der Waals surface area contributed by atoms with Crippen molar-refractivity contribution >= 4 is 11.0 Å². The highest BCUT2D eigenvalue weighted by atomic mass is 16.5. The number of hydrogen-bond donors (Lipinski definition) is 0. The third-order valence-electron chi connectivity index (χ3n) is 5.23. The van der Waals surface area contributed by atoms with Gasteiger partial charge in [0.2, 0.25) is 0 Å². The summed E-state index contributed by atoms with van der Waals surface area (Å²) in [6.07, 6.45) is 6.65. The van der Waals surface area contributed by atoms with E-state index in [0.29, 0.717) is 23.5 Å². The second kappa shape index (κ2) is 8.52. The lowest BCUT2D eigenvalue weighted by Gasteiger charge is -2.26. The molecular formula is C22H26N4O2. The SMILES string of the molecule is Cc1nc2cccnc2c(=O)n1-c1ccc(OCCCN2CCCCC2)cc1. The van der Waals surface area contributed by atoms with Crippen LogP contribution in [0.2, 0.25) is 0 Å². The molecule has 146 valence electrons. The van der Waals surface area contributed by atoms with Gasteiger partial charge in [-0.2, -0.15) is 0 Å². The number of piperidine rings is 1. The van der Waals surface area contributed by atoms with Gasteiger partial charge >= 0.3 is 0 Å². The molecule has 0 spiro atoms. The first kappa shape index (κ1) is 18.6. The predicted octanol–water partition coefficient (Wildman–Crippen LogP) is 3.34. The number of benzene rings is 1. The Morgan fingerprint density at radius 2 is 1.86 bits per heavy atom. The summed E-state index contributed by atoms with van der Waals surface area (Å²) in [4.78, 5) is 24.0. The van der Waals surface area contributed by atoms with Crippen LogP contribution in [0.3, 0.4) is 0 Å². The lowest BCUT2D eigenvalue weighted by Crippen LogP contribution is -2.31. The van der Waals surface area contributed by atoms with E-state index >= 15 is 0 Å². The van der Waals surface area contributed by atoms with Crippen molar-refractivity contribution in [3.05, 3.63) is 58.8 Å². The van der Waals surface area contributed by atoms with E-state index in [9.17, 15) is 4.79 Å². The predicted molar refractivity (Wildman–Crippen MR) is 110 cm³/mol. The highest BCUT2D eigenvalue weighted by molar-refractivity contribution is 5.73. The minimum atomic E-state index is -0.154. The first-order valence-corrected chi connectivity index (χ1v) is 10.0. The molecule has 0 bridgehead atoms. The van der Waals surface area contributed by atoms with Gasteiger partial charge in [0.25, 0.3) is 5.56 Å². The van der Waals surface area contributed by atoms with Crippen molar-refractivity contribution in [1.29, 1.82) is 0 Å². The third kappa shape index (κ3) is 4.07. The average molecular weight is 378 g/mol. The van der Waals surface area contributed by atoms with E-state index in [0.717, 1.165) is 24.4 Å². The molecule has 6 nitrogen and oxygen atoms in total. The molecule has 2 aromatic heterocycles. The van der Waals surface area contributed by atoms with E-state index in [-0.39, 0.29) is 5.56 Å². The molecule has 6 heteroatoms. The van der Waals surface area contributed by atoms with Gasteiger partial charge in [-0.3, -0.25) is 9.36 Å². The van der Waals surface area contributed by atoms with Gasteiger partial charge in [0.15, 0.2) is 5.52 Å². The van der Waals surface area contributed by atoms with Crippen LogP contribution in [-0.2, 0) is 0 Å². The molecule has 1 aromatic carbocycles. The van der Waals surface area contributed by atoms with Crippen molar-refractivity contribution < 1.29 is 4.74 Å². The van der Waals surface area contributed by atoms with Crippen molar-refractivity contribution in [1.82, 2.24) is 19.4 Å². The third-order valence-corrected chi connectivity index (χ3v) is 5.23. The van der Waals surface area contributed by atoms with Gasteiger partial charge in [-0.15, -0.1) is 0 Å². The van der Waals surface area contributed by atoms with E-state index in [2.05, 4.69) is 14.9 Å². The number of rotatable bonds is 6. The molecular weight excluding hydrogens is 352 g/mol. The maximum atomic E-state index is 12.8. The molecule has 0 atom stereocenters. The first-order chi connectivity index (χ1) is 13.7. The summed E-state index contributed by atoms with van der Waals surface area (Å²) >= 11 is 0. The monoisotopic (exact) mass is 378 g/mol. The smallest absolute Gasteiger partial charge is 0.284 e. The van der Waals surface area contributed by atoms with Gasteiger partial charge in [-0.25, -0.2) is 9.97 Å². The summed E-state index contributed by atoms with van der Waals surface area (Å²) in [5, 5.41) is 0. The minimum Gasteiger partial charge on any atom is -0.494 e. The molecule has 3 heterocycles. The van der Waals surface area contributed by atoms with E-state index in [4.69, 9.17) is 4.74 Å². The van der Waals surface area contributed by atoms with Gasteiger partial charge in [0.1, 0.15) is 11.6 Å². The summed E-state index contributed by atoms with van der Waals surface area (Å²) in [5.41, 5.74) is 1.61. The number of hydrogen-bond acceptors (Lipinski definition) is 5. The summed E-state index contributed by atoms with van der Waals surface area (Å²) in [6.45, 7) is 6.08. The van der Waals surface area contributed by atoms with Crippen LogP contribution in [0.4, 0.5) is 0 Å². The molecule has 0 aliphatic carbocycles. The Bertz CT molecular complexity index is 992. The van der Waals surface area contributed by atoms with Gasteiger partial charge in [0.05, 0.1) is 17.8 Å². The first-order valence-electron chi connectivity index (χ1n) is 10.0. The van der Waals surface area contributed by atoms with E-state index < -0.39 is 0 Å². The molecule has 0 unspecified atom stereocenters. The summed E-state index contributed by atoms with van der Waals surface area (Å²) in [7, 11) is 0. The molecule has 28 heavy (non-hydrogen) atoms. The Labute approximate surface area is 164 Å². The van der Waals surface area contributed by atoms with Crippen LogP contribution in [0.1, 0.15) is 31.5 Å². The molecule has 4 rings (SSSR count). The van der Waals surface area contributed by atoms with E-state index in [1.807, 2.05) is 37.3 Å². The van der Waals surface area contributed by atoms with Crippen LogP contribution < -0.4 is 10.3 Å². The fraction of sp³-hybridized carbons (Fsp3) is 0.409. The molecule has 1 aliphatic rings. The van der Waals surface area contributed by atoms with Crippen molar-refractivity contribution in [3.63, 3.8) is 0 Å². The molecule has 1 aliphatic heterocycles. The zero-order valence-corrected chi connectivity index (χ0v) is 16.3. The average Bonchev–Trinajstić information content (AvgIpc) is 2.73. The summed E-state index contributed by atoms with van der Waals surface area (Å²) in [5.74, 6) is 1.46. The fourth-order valence-electron chi connectivity index (χ4n) is 3.79. The number of pyridine rings is 1. The number of ether oxygens (including phenoxy) is 1. The topological polar surface area (TPSA) is 60.3 Å². The summed E-state index contributed by atoms with van der Waals surface area (Å²) in [6, 6.07) is 11.2. The Hall–Kier alpha value is -2.73. The fourth-order valence-corrected chi connectivity index (χ4v) is 3.79. The van der Waals surface area contributed by atoms with Crippen molar-refractivity contribution in [2.24, 2.45) is 0 Å². The highest BCUT2D eigenvalue weighted by Gasteiger charge is 2.11. The summed E-state index contributed by atoms with van der Waals surface area (Å²) < 4.78 is 7.47. The van der Waals surface area contributed by atoms with Crippen LogP contribution in [0.5, 0.6) is 5.75 Å². The van der Waals surface area contributed by atoms with Gasteiger partial charge in [-0.1, -0.05) is 6.42 Å². The Morgan fingerprint density at radius 1 is 1.07 bits per heavy atom. The maximum Gasteiger partial charge on any atom is 0.284 e. The number of nitrogens with zero attached hydrogens (tertiary/aromatic N) is 4. The number of aromatic nitrogens is 3. The van der Waals surface area contributed by atoms with Crippen molar-refractivity contribution in [3.8, 4) is 11.4 Å². The second-order valence-corrected chi connectivity index (χ2v) is 7.27.